The van der Waals surface area contributed by atoms with E-state index < -0.39 is 5.25 Å². The summed E-state index contributed by atoms with van der Waals surface area (Å²) in [6, 6.07) is 20.4. The number of aryl methyl sites for hydroxylation is 1. The number of thioether (sulfide) groups is 1. The number of rotatable bonds is 6. The standard InChI is InChI=1S/C26H25N3O3S/c1-16-10-9-14-22(17(16)2)29-25(31)19-11-5-6-12-20(19)28-26(29)33-18(3)24(30)27-21-13-7-8-15-23(21)32-4/h5-15,18H,1-4H3,(H,27,30). The Balaban J connectivity index is 1.76. The molecule has 7 heteroatoms. The van der Waals surface area contributed by atoms with Crippen LogP contribution in [0.25, 0.3) is 16.6 Å². The van der Waals surface area contributed by atoms with Gasteiger partial charge in [-0.1, -0.05) is 48.2 Å². The molecule has 0 saturated heterocycles. The summed E-state index contributed by atoms with van der Waals surface area (Å²) in [5, 5.41) is 3.40. The minimum Gasteiger partial charge on any atom is -0.495 e. The number of hydrogen-bond acceptors (Lipinski definition) is 5. The molecule has 0 aliphatic carbocycles. The summed E-state index contributed by atoms with van der Waals surface area (Å²) >= 11 is 1.25. The third-order valence-corrected chi connectivity index (χ3v) is 6.63. The van der Waals surface area contributed by atoms with Crippen LogP contribution in [0, 0.1) is 13.8 Å². The van der Waals surface area contributed by atoms with E-state index in [-0.39, 0.29) is 11.5 Å². The fourth-order valence-electron chi connectivity index (χ4n) is 3.58. The van der Waals surface area contributed by atoms with Crippen LogP contribution in [0.2, 0.25) is 0 Å². The van der Waals surface area contributed by atoms with Crippen LogP contribution in [0.5, 0.6) is 5.75 Å². The van der Waals surface area contributed by atoms with Gasteiger partial charge < -0.3 is 10.1 Å². The second-order valence-electron chi connectivity index (χ2n) is 7.72. The molecule has 1 aromatic heterocycles. The summed E-state index contributed by atoms with van der Waals surface area (Å²) in [5.74, 6) is 0.374. The zero-order chi connectivity index (χ0) is 23.5. The van der Waals surface area contributed by atoms with E-state index in [1.807, 2.05) is 62.4 Å². The summed E-state index contributed by atoms with van der Waals surface area (Å²) < 4.78 is 6.94. The molecule has 6 nitrogen and oxygen atoms in total. The van der Waals surface area contributed by atoms with E-state index in [4.69, 9.17) is 9.72 Å². The van der Waals surface area contributed by atoms with Gasteiger partial charge in [0.2, 0.25) is 5.91 Å². The van der Waals surface area contributed by atoms with Crippen LogP contribution in [-0.2, 0) is 4.79 Å². The number of amides is 1. The highest BCUT2D eigenvalue weighted by Crippen LogP contribution is 2.29. The van der Waals surface area contributed by atoms with Gasteiger partial charge in [-0.25, -0.2) is 4.98 Å². The van der Waals surface area contributed by atoms with E-state index in [9.17, 15) is 9.59 Å². The molecule has 33 heavy (non-hydrogen) atoms. The van der Waals surface area contributed by atoms with Crippen LogP contribution >= 0.6 is 11.8 Å². The molecule has 0 radical (unpaired) electrons. The number of nitrogens with zero attached hydrogens (tertiary/aromatic N) is 2. The second-order valence-corrected chi connectivity index (χ2v) is 9.03. The quantitative estimate of drug-likeness (QED) is 0.320. The Morgan fingerprint density at radius 2 is 1.76 bits per heavy atom. The Bertz CT molecular complexity index is 1400. The number of nitrogens with one attached hydrogen (secondary N) is 1. The lowest BCUT2D eigenvalue weighted by Gasteiger charge is -2.19. The molecule has 0 aliphatic rings. The maximum atomic E-state index is 13.5. The molecule has 1 N–H and O–H groups in total. The number of ether oxygens (including phenoxy) is 1. The van der Waals surface area contributed by atoms with Crippen LogP contribution in [0.4, 0.5) is 5.69 Å². The fraction of sp³-hybridized carbons (Fsp3) is 0.192. The van der Waals surface area contributed by atoms with E-state index >= 15 is 0 Å². The number of aromatic nitrogens is 2. The first kappa shape index (κ1) is 22.6. The van der Waals surface area contributed by atoms with Gasteiger partial charge in [-0.05, 0) is 62.2 Å². The lowest BCUT2D eigenvalue weighted by atomic mass is 10.1. The third-order valence-electron chi connectivity index (χ3n) is 5.58. The number of carbonyl (C=O) groups is 1. The van der Waals surface area contributed by atoms with Crippen LogP contribution in [0.3, 0.4) is 0 Å². The minimum absolute atomic E-state index is 0.158. The molecule has 4 aromatic rings. The molecule has 0 spiro atoms. The molecule has 4 rings (SSSR count). The lowest BCUT2D eigenvalue weighted by Crippen LogP contribution is -2.26. The maximum Gasteiger partial charge on any atom is 0.266 e. The number of anilines is 1. The fourth-order valence-corrected chi connectivity index (χ4v) is 4.50. The van der Waals surface area contributed by atoms with Crippen LogP contribution in [0.1, 0.15) is 18.1 Å². The molecule has 1 atom stereocenters. The monoisotopic (exact) mass is 459 g/mol. The van der Waals surface area contributed by atoms with Gasteiger partial charge in [-0.15, -0.1) is 0 Å². The zero-order valence-electron chi connectivity index (χ0n) is 19.0. The molecular weight excluding hydrogens is 434 g/mol. The molecule has 1 unspecified atom stereocenters. The Morgan fingerprint density at radius 1 is 1.03 bits per heavy atom. The first-order valence-electron chi connectivity index (χ1n) is 10.6. The smallest absolute Gasteiger partial charge is 0.266 e. The average Bonchev–Trinajstić information content (AvgIpc) is 2.82. The van der Waals surface area contributed by atoms with Crippen LogP contribution in [0.15, 0.2) is 76.7 Å². The molecule has 0 fully saturated rings. The number of fused-ring (bicyclic) bond motifs is 1. The minimum atomic E-state index is -0.515. The Morgan fingerprint density at radius 3 is 2.55 bits per heavy atom. The summed E-state index contributed by atoms with van der Waals surface area (Å²) in [5.41, 5.74) is 3.86. The predicted octanol–water partition coefficient (Wildman–Crippen LogP) is 5.13. The topological polar surface area (TPSA) is 73.2 Å². The first-order chi connectivity index (χ1) is 15.9. The summed E-state index contributed by atoms with van der Waals surface area (Å²) in [6.07, 6.45) is 0. The van der Waals surface area contributed by atoms with Crippen molar-refractivity contribution in [3.05, 3.63) is 88.2 Å². The summed E-state index contributed by atoms with van der Waals surface area (Å²) in [6.45, 7) is 5.79. The number of hydrogen-bond donors (Lipinski definition) is 1. The number of para-hydroxylation sites is 3. The van der Waals surface area contributed by atoms with Crippen molar-refractivity contribution in [1.29, 1.82) is 0 Å². The van der Waals surface area contributed by atoms with Crippen molar-refractivity contribution < 1.29 is 9.53 Å². The van der Waals surface area contributed by atoms with Gasteiger partial charge >= 0.3 is 0 Å². The zero-order valence-corrected chi connectivity index (χ0v) is 19.8. The highest BCUT2D eigenvalue weighted by Gasteiger charge is 2.22. The predicted molar refractivity (Wildman–Crippen MR) is 134 cm³/mol. The Kier molecular flexibility index (Phi) is 6.51. The molecule has 0 bridgehead atoms. The van der Waals surface area contributed by atoms with Gasteiger partial charge in [0, 0.05) is 0 Å². The van der Waals surface area contributed by atoms with E-state index in [2.05, 4.69) is 5.32 Å². The van der Waals surface area contributed by atoms with Crippen LogP contribution in [-0.4, -0.2) is 27.8 Å². The molecule has 1 heterocycles. The van der Waals surface area contributed by atoms with Gasteiger partial charge in [0.05, 0.1) is 34.6 Å². The van der Waals surface area contributed by atoms with E-state index in [1.54, 1.807) is 36.8 Å². The number of methoxy groups -OCH3 is 1. The summed E-state index contributed by atoms with van der Waals surface area (Å²) in [7, 11) is 1.56. The van der Waals surface area contributed by atoms with Crippen molar-refractivity contribution in [2.75, 3.05) is 12.4 Å². The van der Waals surface area contributed by atoms with Crippen molar-refractivity contribution in [3.63, 3.8) is 0 Å². The molecule has 0 aliphatic heterocycles. The number of benzene rings is 3. The maximum absolute atomic E-state index is 13.5. The van der Waals surface area contributed by atoms with Crippen molar-refractivity contribution in [2.24, 2.45) is 0 Å². The first-order valence-corrected chi connectivity index (χ1v) is 11.5. The van der Waals surface area contributed by atoms with E-state index in [0.717, 1.165) is 16.8 Å². The van der Waals surface area contributed by atoms with Crippen molar-refractivity contribution in [1.82, 2.24) is 9.55 Å². The SMILES string of the molecule is COc1ccccc1NC(=O)C(C)Sc1nc2ccccc2c(=O)n1-c1cccc(C)c1C. The normalized spacial score (nSPS) is 11.9. The van der Waals surface area contributed by atoms with Crippen LogP contribution < -0.4 is 15.6 Å². The Labute approximate surface area is 196 Å². The van der Waals surface area contributed by atoms with Gasteiger partial charge in [-0.3, -0.25) is 14.2 Å². The molecular formula is C26H25N3O3S. The van der Waals surface area contributed by atoms with Crippen molar-refractivity contribution in [2.45, 2.75) is 31.2 Å². The van der Waals surface area contributed by atoms with Crippen molar-refractivity contribution >= 4 is 34.3 Å². The van der Waals surface area contributed by atoms with Gasteiger partial charge in [0.15, 0.2) is 5.16 Å². The molecule has 3 aromatic carbocycles. The summed E-state index contributed by atoms with van der Waals surface area (Å²) in [4.78, 5) is 31.3. The van der Waals surface area contributed by atoms with E-state index in [1.165, 1.54) is 11.8 Å². The Hall–Kier alpha value is -3.58. The highest BCUT2D eigenvalue weighted by molar-refractivity contribution is 8.00. The number of carbonyl (C=O) groups excluding carboxylic acids is 1. The second kappa shape index (κ2) is 9.50. The molecule has 168 valence electrons. The lowest BCUT2D eigenvalue weighted by molar-refractivity contribution is -0.115. The average molecular weight is 460 g/mol. The molecule has 1 amide bonds. The highest BCUT2D eigenvalue weighted by atomic mass is 32.2. The molecule has 0 saturated carbocycles. The van der Waals surface area contributed by atoms with Crippen molar-refractivity contribution in [3.8, 4) is 11.4 Å². The van der Waals surface area contributed by atoms with Gasteiger partial charge in [0.25, 0.3) is 5.56 Å². The third kappa shape index (κ3) is 4.50. The van der Waals surface area contributed by atoms with Gasteiger partial charge in [-0.2, -0.15) is 0 Å². The van der Waals surface area contributed by atoms with E-state index in [0.29, 0.717) is 27.5 Å². The largest absolute Gasteiger partial charge is 0.495 e. The van der Waals surface area contributed by atoms with Gasteiger partial charge in [0.1, 0.15) is 5.75 Å².